The summed E-state index contributed by atoms with van der Waals surface area (Å²) in [5.41, 5.74) is -0.486. The van der Waals surface area contributed by atoms with E-state index < -0.39 is 23.2 Å². The van der Waals surface area contributed by atoms with Crippen molar-refractivity contribution in [3.8, 4) is 0 Å². The fourth-order valence-electron chi connectivity index (χ4n) is 2.63. The Morgan fingerprint density at radius 2 is 1.76 bits per heavy atom. The van der Waals surface area contributed by atoms with Crippen LogP contribution in [0.2, 0.25) is 0 Å². The second kappa shape index (κ2) is 8.19. The van der Waals surface area contributed by atoms with Crippen molar-refractivity contribution in [2.24, 2.45) is 5.92 Å². The Bertz CT molecular complexity index is 603. The lowest BCUT2D eigenvalue weighted by molar-refractivity contribution is -0.126. The molecule has 0 spiro atoms. The molecule has 1 N–H and O–H groups in total. The average Bonchev–Trinajstić information content (AvgIpc) is 2.51. The Morgan fingerprint density at radius 3 is 2.20 bits per heavy atom. The average molecular weight is 346 g/mol. The largest absolute Gasteiger partial charge is 0.444 e. The van der Waals surface area contributed by atoms with Crippen LogP contribution in [0.3, 0.4) is 0 Å². The molecule has 1 unspecified atom stereocenters. The molecule has 0 aliphatic heterocycles. The van der Waals surface area contributed by atoms with Gasteiger partial charge in [0.2, 0.25) is 5.91 Å². The number of amides is 2. The van der Waals surface area contributed by atoms with Crippen LogP contribution in [0.1, 0.15) is 40.2 Å². The van der Waals surface area contributed by atoms with Crippen LogP contribution in [0.15, 0.2) is 43.0 Å². The van der Waals surface area contributed by atoms with Crippen molar-refractivity contribution in [1.82, 2.24) is 10.2 Å². The zero-order valence-corrected chi connectivity index (χ0v) is 16.1. The van der Waals surface area contributed by atoms with Crippen LogP contribution in [0.25, 0.3) is 0 Å². The summed E-state index contributed by atoms with van der Waals surface area (Å²) in [5.74, 6) is -0.768. The minimum absolute atomic E-state index is 0.193. The van der Waals surface area contributed by atoms with Gasteiger partial charge in [-0.15, -0.1) is 6.58 Å². The normalized spacial score (nSPS) is 12.9. The summed E-state index contributed by atoms with van der Waals surface area (Å²) >= 11 is 0. The smallest absolute Gasteiger partial charge is 0.411 e. The highest BCUT2D eigenvalue weighted by Crippen LogP contribution is 2.29. The Morgan fingerprint density at radius 1 is 1.20 bits per heavy atom. The fraction of sp³-hybridized carbons (Fsp3) is 0.500. The van der Waals surface area contributed by atoms with Gasteiger partial charge < -0.3 is 10.1 Å². The summed E-state index contributed by atoms with van der Waals surface area (Å²) in [6.45, 7) is 13.3. The molecule has 0 aliphatic carbocycles. The van der Waals surface area contributed by atoms with Crippen LogP contribution >= 0.6 is 0 Å². The van der Waals surface area contributed by atoms with Gasteiger partial charge >= 0.3 is 6.09 Å². The zero-order valence-electron chi connectivity index (χ0n) is 16.1. The maximum Gasteiger partial charge on any atom is 0.411 e. The monoisotopic (exact) mass is 346 g/mol. The first-order valence-corrected chi connectivity index (χ1v) is 8.41. The van der Waals surface area contributed by atoms with E-state index in [1.54, 1.807) is 18.0 Å². The van der Waals surface area contributed by atoms with Gasteiger partial charge in [-0.1, -0.05) is 36.4 Å². The summed E-state index contributed by atoms with van der Waals surface area (Å²) in [5, 5.41) is 2.64. The van der Waals surface area contributed by atoms with Crippen LogP contribution < -0.4 is 5.32 Å². The van der Waals surface area contributed by atoms with Gasteiger partial charge in [0.25, 0.3) is 0 Å². The molecule has 1 aromatic rings. The van der Waals surface area contributed by atoms with Gasteiger partial charge in [0.15, 0.2) is 0 Å². The molecule has 0 heterocycles. The van der Waals surface area contributed by atoms with Crippen LogP contribution in [-0.4, -0.2) is 35.1 Å². The number of carbonyl (C=O) groups is 2. The Balaban J connectivity index is 3.25. The van der Waals surface area contributed by atoms with E-state index in [-0.39, 0.29) is 5.91 Å². The topological polar surface area (TPSA) is 58.6 Å². The molecule has 0 radical (unpaired) electrons. The van der Waals surface area contributed by atoms with Crippen molar-refractivity contribution in [3.05, 3.63) is 48.6 Å². The summed E-state index contributed by atoms with van der Waals surface area (Å²) in [7, 11) is 1.57. The van der Waals surface area contributed by atoms with Gasteiger partial charge in [-0.3, -0.25) is 9.69 Å². The maximum atomic E-state index is 12.9. The molecule has 5 nitrogen and oxygen atoms in total. The number of benzene rings is 1. The van der Waals surface area contributed by atoms with Gasteiger partial charge in [0.1, 0.15) is 5.60 Å². The van der Waals surface area contributed by atoms with E-state index in [1.807, 2.05) is 65.0 Å². The SMILES string of the molecule is C=CC(C(=O)NC)C(C)(C)N(Cc1ccccc1)C(=O)OC(C)(C)C. The van der Waals surface area contributed by atoms with E-state index in [0.29, 0.717) is 6.54 Å². The van der Waals surface area contributed by atoms with Crippen molar-refractivity contribution in [1.29, 1.82) is 0 Å². The number of hydrogen-bond acceptors (Lipinski definition) is 3. The maximum absolute atomic E-state index is 12.9. The van der Waals surface area contributed by atoms with E-state index in [0.717, 1.165) is 5.56 Å². The van der Waals surface area contributed by atoms with Gasteiger partial charge in [-0.25, -0.2) is 4.79 Å². The molecule has 5 heteroatoms. The lowest BCUT2D eigenvalue weighted by atomic mass is 9.84. The van der Waals surface area contributed by atoms with Crippen molar-refractivity contribution in [2.45, 2.75) is 52.3 Å². The standard InChI is InChI=1S/C20H30N2O3/c1-8-16(17(23)21-7)20(5,6)22(18(24)25-19(2,3)4)14-15-12-10-9-11-13-15/h8-13,16H,1,14H2,2-7H3,(H,21,23). The van der Waals surface area contributed by atoms with E-state index in [1.165, 1.54) is 0 Å². The molecule has 138 valence electrons. The van der Waals surface area contributed by atoms with Gasteiger partial charge in [-0.2, -0.15) is 0 Å². The Kier molecular flexibility index (Phi) is 6.79. The van der Waals surface area contributed by atoms with Crippen LogP contribution in [0, 0.1) is 5.92 Å². The number of hydrogen-bond donors (Lipinski definition) is 1. The molecule has 1 aromatic carbocycles. The van der Waals surface area contributed by atoms with E-state index >= 15 is 0 Å². The first kappa shape index (κ1) is 20.7. The summed E-state index contributed by atoms with van der Waals surface area (Å²) in [6, 6.07) is 9.63. The number of nitrogens with zero attached hydrogens (tertiary/aromatic N) is 1. The third kappa shape index (κ3) is 5.62. The predicted octanol–water partition coefficient (Wildman–Crippen LogP) is 3.75. The van der Waals surface area contributed by atoms with Crippen molar-refractivity contribution in [2.75, 3.05) is 7.05 Å². The summed E-state index contributed by atoms with van der Waals surface area (Å²) < 4.78 is 5.59. The molecule has 0 saturated heterocycles. The molecule has 1 rings (SSSR count). The summed E-state index contributed by atoms with van der Waals surface area (Å²) in [6.07, 6.45) is 1.11. The third-order valence-corrected chi connectivity index (χ3v) is 4.02. The van der Waals surface area contributed by atoms with E-state index in [4.69, 9.17) is 4.74 Å². The van der Waals surface area contributed by atoms with Crippen molar-refractivity contribution < 1.29 is 14.3 Å². The summed E-state index contributed by atoms with van der Waals surface area (Å²) in [4.78, 5) is 26.8. The zero-order chi connectivity index (χ0) is 19.3. The van der Waals surface area contributed by atoms with E-state index in [2.05, 4.69) is 11.9 Å². The third-order valence-electron chi connectivity index (χ3n) is 4.02. The molecular formula is C20H30N2O3. The van der Waals surface area contributed by atoms with Crippen LogP contribution in [0.4, 0.5) is 4.79 Å². The highest BCUT2D eigenvalue weighted by atomic mass is 16.6. The molecular weight excluding hydrogens is 316 g/mol. The molecule has 0 aliphatic rings. The molecule has 0 saturated carbocycles. The molecule has 0 aromatic heterocycles. The lowest BCUT2D eigenvalue weighted by Crippen LogP contribution is -2.56. The molecule has 25 heavy (non-hydrogen) atoms. The lowest BCUT2D eigenvalue weighted by Gasteiger charge is -2.42. The number of nitrogens with one attached hydrogen (secondary N) is 1. The molecule has 0 bridgehead atoms. The second-order valence-corrected chi connectivity index (χ2v) is 7.53. The molecule has 1 atom stereocenters. The Labute approximate surface area is 151 Å². The predicted molar refractivity (Wildman–Crippen MR) is 100 cm³/mol. The Hall–Kier alpha value is -2.30. The van der Waals surface area contributed by atoms with Crippen molar-refractivity contribution in [3.63, 3.8) is 0 Å². The minimum Gasteiger partial charge on any atom is -0.444 e. The first-order valence-electron chi connectivity index (χ1n) is 8.41. The minimum atomic E-state index is -0.819. The van der Waals surface area contributed by atoms with Gasteiger partial charge in [-0.05, 0) is 40.2 Å². The number of rotatable bonds is 6. The fourth-order valence-corrected chi connectivity index (χ4v) is 2.63. The van der Waals surface area contributed by atoms with Crippen LogP contribution in [-0.2, 0) is 16.1 Å². The highest BCUT2D eigenvalue weighted by Gasteiger charge is 2.42. The first-order chi connectivity index (χ1) is 11.5. The molecule has 0 fully saturated rings. The quantitative estimate of drug-likeness (QED) is 0.798. The number of carbonyl (C=O) groups excluding carboxylic acids is 2. The van der Waals surface area contributed by atoms with Gasteiger partial charge in [0, 0.05) is 13.6 Å². The second-order valence-electron chi connectivity index (χ2n) is 7.53. The van der Waals surface area contributed by atoms with E-state index in [9.17, 15) is 9.59 Å². The number of ether oxygens (including phenoxy) is 1. The van der Waals surface area contributed by atoms with Crippen molar-refractivity contribution >= 4 is 12.0 Å². The van der Waals surface area contributed by atoms with Gasteiger partial charge in [0.05, 0.1) is 11.5 Å². The van der Waals surface area contributed by atoms with Crippen LogP contribution in [0.5, 0.6) is 0 Å². The molecule has 2 amide bonds. The highest BCUT2D eigenvalue weighted by molar-refractivity contribution is 5.82.